The topological polar surface area (TPSA) is 98.0 Å². The fourth-order valence-corrected chi connectivity index (χ4v) is 4.74. The Morgan fingerprint density at radius 3 is 2.63 bits per heavy atom. The third-order valence-corrected chi connectivity index (χ3v) is 6.69. The molecule has 0 bridgehead atoms. The smallest absolute Gasteiger partial charge is 0.299 e. The Hall–Kier alpha value is -4.53. The van der Waals surface area contributed by atoms with Crippen molar-refractivity contribution in [3.63, 3.8) is 0 Å². The molecule has 0 spiro atoms. The normalized spacial score (nSPS) is 13.9. The standard InChI is InChI=1S/C29H27FN6O2/c1-17-12-20(15-31-14-17)25-34-26(24-27(35-25)36-28(33-24)38-16-29(36,2)3)32-11-10-18-4-9-23(37)22(13-18)19-5-7-21(30)8-6-19/h4-9,12-15,37H,10-11,16H2,1-3H3,(H,32,34,35). The van der Waals surface area contributed by atoms with Gasteiger partial charge in [0.2, 0.25) is 0 Å². The molecule has 1 aliphatic rings. The van der Waals surface area contributed by atoms with Gasteiger partial charge >= 0.3 is 0 Å². The minimum absolute atomic E-state index is 0.150. The summed E-state index contributed by atoms with van der Waals surface area (Å²) in [7, 11) is 0. The highest BCUT2D eigenvalue weighted by molar-refractivity contribution is 5.86. The third kappa shape index (κ3) is 4.30. The van der Waals surface area contributed by atoms with Crippen LogP contribution >= 0.6 is 0 Å². The molecular formula is C29H27FN6O2. The summed E-state index contributed by atoms with van der Waals surface area (Å²) in [6.07, 6.45) is 4.22. The number of imidazole rings is 1. The van der Waals surface area contributed by atoms with Crippen LogP contribution in [0.2, 0.25) is 0 Å². The summed E-state index contributed by atoms with van der Waals surface area (Å²) >= 11 is 0. The van der Waals surface area contributed by atoms with E-state index < -0.39 is 0 Å². The molecule has 2 aromatic carbocycles. The Balaban J connectivity index is 1.32. The van der Waals surface area contributed by atoms with Crippen LogP contribution in [0.1, 0.15) is 25.0 Å². The second-order valence-electron chi connectivity index (χ2n) is 10.2. The van der Waals surface area contributed by atoms with Crippen LogP contribution in [0.3, 0.4) is 0 Å². The Kier molecular flexibility index (Phi) is 5.71. The van der Waals surface area contributed by atoms with E-state index in [2.05, 4.69) is 24.1 Å². The number of aromatic nitrogens is 5. The molecule has 0 amide bonds. The molecule has 192 valence electrons. The van der Waals surface area contributed by atoms with Gasteiger partial charge in [0.15, 0.2) is 22.8 Å². The number of nitrogens with zero attached hydrogens (tertiary/aromatic N) is 5. The molecule has 0 unspecified atom stereocenters. The van der Waals surface area contributed by atoms with Gasteiger partial charge in [-0.2, -0.15) is 4.98 Å². The minimum atomic E-state index is -0.315. The summed E-state index contributed by atoms with van der Waals surface area (Å²) < 4.78 is 21.3. The van der Waals surface area contributed by atoms with Gasteiger partial charge in [-0.15, -0.1) is 0 Å². The number of aryl methyl sites for hydroxylation is 1. The molecule has 0 atom stereocenters. The summed E-state index contributed by atoms with van der Waals surface area (Å²) in [5, 5.41) is 13.8. The highest BCUT2D eigenvalue weighted by Gasteiger charge is 2.36. The monoisotopic (exact) mass is 510 g/mol. The second kappa shape index (κ2) is 9.09. The van der Waals surface area contributed by atoms with Crippen LogP contribution in [0.25, 0.3) is 33.7 Å². The molecule has 3 aromatic heterocycles. The number of benzene rings is 2. The van der Waals surface area contributed by atoms with Crippen molar-refractivity contribution in [3.05, 3.63) is 77.9 Å². The Labute approximate surface area is 219 Å². The molecule has 0 radical (unpaired) electrons. The van der Waals surface area contributed by atoms with E-state index in [1.807, 2.05) is 29.7 Å². The lowest BCUT2D eigenvalue weighted by Crippen LogP contribution is -2.25. The summed E-state index contributed by atoms with van der Waals surface area (Å²) in [5.41, 5.74) is 5.33. The van der Waals surface area contributed by atoms with Gasteiger partial charge in [-0.1, -0.05) is 18.2 Å². The maximum absolute atomic E-state index is 13.4. The van der Waals surface area contributed by atoms with Crippen LogP contribution in [0.5, 0.6) is 11.8 Å². The fourth-order valence-electron chi connectivity index (χ4n) is 4.74. The van der Waals surface area contributed by atoms with E-state index >= 15 is 0 Å². The third-order valence-electron chi connectivity index (χ3n) is 6.69. The lowest BCUT2D eigenvalue weighted by Gasteiger charge is -2.18. The van der Waals surface area contributed by atoms with Crippen molar-refractivity contribution in [3.8, 4) is 34.3 Å². The van der Waals surface area contributed by atoms with Crippen LogP contribution in [-0.2, 0) is 12.0 Å². The summed E-state index contributed by atoms with van der Waals surface area (Å²) in [6, 6.07) is 14.1. The SMILES string of the molecule is Cc1cncc(-c2nc(NCCc3ccc(O)c(-c4ccc(F)cc4)c3)c3nc4n(c3n2)C(C)(C)CO4)c1. The highest BCUT2D eigenvalue weighted by atomic mass is 19.1. The number of aromatic hydroxyl groups is 1. The summed E-state index contributed by atoms with van der Waals surface area (Å²) in [6.45, 7) is 7.27. The van der Waals surface area contributed by atoms with E-state index in [9.17, 15) is 9.50 Å². The number of rotatable bonds is 6. The zero-order chi connectivity index (χ0) is 26.4. The van der Waals surface area contributed by atoms with Gasteiger partial charge in [0.05, 0.1) is 5.54 Å². The second-order valence-corrected chi connectivity index (χ2v) is 10.2. The number of phenolic OH excluding ortho intramolecular Hbond substituents is 1. The van der Waals surface area contributed by atoms with Crippen molar-refractivity contribution in [2.75, 3.05) is 18.5 Å². The molecule has 0 saturated carbocycles. The number of nitrogens with one attached hydrogen (secondary N) is 1. The minimum Gasteiger partial charge on any atom is -0.507 e. The van der Waals surface area contributed by atoms with Crippen molar-refractivity contribution in [1.82, 2.24) is 24.5 Å². The number of phenols is 1. The average Bonchev–Trinajstić information content (AvgIpc) is 3.42. The van der Waals surface area contributed by atoms with Crippen LogP contribution < -0.4 is 10.1 Å². The predicted octanol–water partition coefficient (Wildman–Crippen LogP) is 5.49. The van der Waals surface area contributed by atoms with E-state index in [0.29, 0.717) is 54.0 Å². The van der Waals surface area contributed by atoms with Gasteiger partial charge in [-0.3, -0.25) is 9.55 Å². The zero-order valence-electron chi connectivity index (χ0n) is 21.4. The molecule has 9 heteroatoms. The molecule has 38 heavy (non-hydrogen) atoms. The first kappa shape index (κ1) is 23.8. The van der Waals surface area contributed by atoms with E-state index in [0.717, 1.165) is 22.3 Å². The predicted molar refractivity (Wildman–Crippen MR) is 144 cm³/mol. The first-order valence-corrected chi connectivity index (χ1v) is 12.5. The van der Waals surface area contributed by atoms with Crippen LogP contribution in [0.15, 0.2) is 60.9 Å². The number of hydrogen-bond acceptors (Lipinski definition) is 7. The largest absolute Gasteiger partial charge is 0.507 e. The lowest BCUT2D eigenvalue weighted by atomic mass is 10.0. The van der Waals surface area contributed by atoms with Crippen molar-refractivity contribution in [2.45, 2.75) is 32.7 Å². The quantitative estimate of drug-likeness (QED) is 0.312. The molecular weight excluding hydrogens is 483 g/mol. The number of fused-ring (bicyclic) bond motifs is 3. The number of pyridine rings is 1. The van der Waals surface area contributed by atoms with Crippen molar-refractivity contribution >= 4 is 17.0 Å². The van der Waals surface area contributed by atoms with E-state index in [1.54, 1.807) is 30.6 Å². The molecule has 5 aromatic rings. The molecule has 0 fully saturated rings. The fraction of sp³-hybridized carbons (Fsp3) is 0.241. The maximum atomic E-state index is 13.4. The lowest BCUT2D eigenvalue weighted by molar-refractivity contribution is 0.268. The first-order chi connectivity index (χ1) is 18.3. The molecule has 4 heterocycles. The Bertz CT molecular complexity index is 1660. The van der Waals surface area contributed by atoms with Gasteiger partial charge in [-0.25, -0.2) is 14.4 Å². The van der Waals surface area contributed by atoms with Gasteiger partial charge in [0.25, 0.3) is 6.01 Å². The molecule has 2 N–H and O–H groups in total. The van der Waals surface area contributed by atoms with Crippen molar-refractivity contribution < 1.29 is 14.2 Å². The van der Waals surface area contributed by atoms with Crippen molar-refractivity contribution in [2.24, 2.45) is 0 Å². The van der Waals surface area contributed by atoms with E-state index in [4.69, 9.17) is 19.7 Å². The van der Waals surface area contributed by atoms with Gasteiger partial charge < -0.3 is 15.2 Å². The Morgan fingerprint density at radius 2 is 1.84 bits per heavy atom. The number of ether oxygens (including phenoxy) is 1. The van der Waals surface area contributed by atoms with Crippen LogP contribution in [0, 0.1) is 12.7 Å². The van der Waals surface area contributed by atoms with Crippen molar-refractivity contribution in [1.29, 1.82) is 0 Å². The number of anilines is 1. The average molecular weight is 511 g/mol. The van der Waals surface area contributed by atoms with E-state index in [-0.39, 0.29) is 17.1 Å². The summed E-state index contributed by atoms with van der Waals surface area (Å²) in [4.78, 5) is 18.7. The van der Waals surface area contributed by atoms with Gasteiger partial charge in [0.1, 0.15) is 18.2 Å². The number of halogens is 1. The molecule has 0 saturated heterocycles. The molecule has 6 rings (SSSR count). The molecule has 0 aliphatic carbocycles. The number of hydrogen-bond donors (Lipinski definition) is 2. The van der Waals surface area contributed by atoms with Crippen LogP contribution in [-0.4, -0.2) is 42.8 Å². The summed E-state index contributed by atoms with van der Waals surface area (Å²) in [5.74, 6) is 1.01. The van der Waals surface area contributed by atoms with E-state index in [1.165, 1.54) is 12.1 Å². The van der Waals surface area contributed by atoms with Gasteiger partial charge in [-0.05, 0) is 74.2 Å². The van der Waals surface area contributed by atoms with Gasteiger partial charge in [0, 0.05) is 30.1 Å². The maximum Gasteiger partial charge on any atom is 0.299 e. The molecule has 1 aliphatic heterocycles. The van der Waals surface area contributed by atoms with Crippen LogP contribution in [0.4, 0.5) is 10.2 Å². The first-order valence-electron chi connectivity index (χ1n) is 12.5. The zero-order valence-corrected chi connectivity index (χ0v) is 21.4. The molecule has 8 nitrogen and oxygen atoms in total. The Morgan fingerprint density at radius 1 is 1.03 bits per heavy atom. The highest BCUT2D eigenvalue weighted by Crippen LogP contribution is 2.37.